The van der Waals surface area contributed by atoms with Crippen molar-refractivity contribution in [3.63, 3.8) is 0 Å². The molecule has 0 fully saturated rings. The predicted molar refractivity (Wildman–Crippen MR) is 56.0 cm³/mol. The summed E-state index contributed by atoms with van der Waals surface area (Å²) in [6.45, 7) is 0.838. The third kappa shape index (κ3) is 1.37. The summed E-state index contributed by atoms with van der Waals surface area (Å²) in [5.74, 6) is 2.02. The monoisotopic (exact) mass is 217 g/mol. The molecule has 0 aliphatic carbocycles. The van der Waals surface area contributed by atoms with E-state index in [-0.39, 0.29) is 5.92 Å². The number of nitrogens with zero attached hydrogens (tertiary/aromatic N) is 2. The van der Waals surface area contributed by atoms with Crippen LogP contribution in [0.4, 0.5) is 0 Å². The molecule has 1 atom stereocenters. The lowest BCUT2D eigenvalue weighted by Gasteiger charge is -2.00. The van der Waals surface area contributed by atoms with Crippen molar-refractivity contribution in [1.29, 1.82) is 0 Å². The smallest absolute Gasteiger partial charge is 0.237 e. The van der Waals surface area contributed by atoms with Gasteiger partial charge in [0.1, 0.15) is 18.3 Å². The Hall–Kier alpha value is -1.88. The lowest BCUT2D eigenvalue weighted by atomic mass is 10.0. The summed E-state index contributed by atoms with van der Waals surface area (Å²) in [4.78, 5) is 4.23. The maximum absolute atomic E-state index is 5.55. The van der Waals surface area contributed by atoms with Gasteiger partial charge in [0, 0.05) is 5.56 Å². The van der Waals surface area contributed by atoms with Crippen molar-refractivity contribution in [2.24, 2.45) is 5.73 Å². The Morgan fingerprint density at radius 3 is 3.06 bits per heavy atom. The standard InChI is InChI=1S/C11H11N3O2/c12-5-10-13-11(16-14-10)8-6-15-9-4-2-1-3-7(8)9/h1-4,8H,5-6,12H2. The minimum atomic E-state index is 0.0315. The van der Waals surface area contributed by atoms with Crippen molar-refractivity contribution >= 4 is 0 Å². The van der Waals surface area contributed by atoms with E-state index in [2.05, 4.69) is 10.1 Å². The second-order valence-corrected chi connectivity index (χ2v) is 3.65. The van der Waals surface area contributed by atoms with Gasteiger partial charge < -0.3 is 15.0 Å². The van der Waals surface area contributed by atoms with E-state index < -0.39 is 0 Å². The molecule has 0 saturated heterocycles. The SMILES string of the molecule is NCc1noc(C2COc3ccccc32)n1. The van der Waals surface area contributed by atoms with E-state index in [4.69, 9.17) is 15.0 Å². The second-order valence-electron chi connectivity index (χ2n) is 3.65. The molecule has 0 spiro atoms. The molecule has 1 aromatic heterocycles. The number of para-hydroxylation sites is 1. The molecule has 2 heterocycles. The van der Waals surface area contributed by atoms with Crippen molar-refractivity contribution in [2.75, 3.05) is 6.61 Å². The Labute approximate surface area is 92.2 Å². The number of hydrogen-bond donors (Lipinski definition) is 1. The third-order valence-corrected chi connectivity index (χ3v) is 2.66. The zero-order valence-corrected chi connectivity index (χ0v) is 8.59. The fourth-order valence-electron chi connectivity index (χ4n) is 1.86. The van der Waals surface area contributed by atoms with Gasteiger partial charge in [-0.2, -0.15) is 4.98 Å². The van der Waals surface area contributed by atoms with Crippen LogP contribution in [0.1, 0.15) is 23.2 Å². The van der Waals surface area contributed by atoms with Gasteiger partial charge in [-0.15, -0.1) is 0 Å². The number of aromatic nitrogens is 2. The second kappa shape index (κ2) is 3.61. The van der Waals surface area contributed by atoms with E-state index in [1.165, 1.54) is 0 Å². The summed E-state index contributed by atoms with van der Waals surface area (Å²) in [6, 6.07) is 7.87. The Balaban J connectivity index is 1.98. The molecule has 0 saturated carbocycles. The Morgan fingerprint density at radius 2 is 2.25 bits per heavy atom. The molecular formula is C11H11N3O2. The summed E-state index contributed by atoms with van der Waals surface area (Å²) in [6.07, 6.45) is 0. The molecule has 0 amide bonds. The summed E-state index contributed by atoms with van der Waals surface area (Å²) in [5, 5.41) is 3.79. The highest BCUT2D eigenvalue weighted by Gasteiger charge is 2.29. The van der Waals surface area contributed by atoms with Crippen LogP contribution in [0.25, 0.3) is 0 Å². The molecule has 2 aromatic rings. The van der Waals surface area contributed by atoms with E-state index in [1.54, 1.807) is 0 Å². The van der Waals surface area contributed by atoms with E-state index in [0.29, 0.717) is 24.9 Å². The number of benzene rings is 1. The molecule has 16 heavy (non-hydrogen) atoms. The van der Waals surface area contributed by atoms with Gasteiger partial charge in [-0.1, -0.05) is 23.4 Å². The average Bonchev–Trinajstić information content (AvgIpc) is 2.94. The molecule has 0 bridgehead atoms. The lowest BCUT2D eigenvalue weighted by molar-refractivity contribution is 0.304. The molecular weight excluding hydrogens is 206 g/mol. The van der Waals surface area contributed by atoms with Gasteiger partial charge in [-0.25, -0.2) is 0 Å². The first kappa shape index (κ1) is 9.35. The molecule has 1 aliphatic heterocycles. The fraction of sp³-hybridized carbons (Fsp3) is 0.273. The van der Waals surface area contributed by atoms with E-state index in [0.717, 1.165) is 11.3 Å². The Morgan fingerprint density at radius 1 is 1.38 bits per heavy atom. The van der Waals surface area contributed by atoms with E-state index in [1.807, 2.05) is 24.3 Å². The van der Waals surface area contributed by atoms with Crippen molar-refractivity contribution in [2.45, 2.75) is 12.5 Å². The first-order valence-electron chi connectivity index (χ1n) is 5.13. The average molecular weight is 217 g/mol. The molecule has 2 N–H and O–H groups in total. The van der Waals surface area contributed by atoms with Gasteiger partial charge in [0.05, 0.1) is 6.54 Å². The highest BCUT2D eigenvalue weighted by atomic mass is 16.5. The van der Waals surface area contributed by atoms with Crippen LogP contribution in [0.2, 0.25) is 0 Å². The van der Waals surface area contributed by atoms with Crippen LogP contribution in [0, 0.1) is 0 Å². The minimum Gasteiger partial charge on any atom is -0.492 e. The highest BCUT2D eigenvalue weighted by Crippen LogP contribution is 2.36. The Kier molecular flexibility index (Phi) is 2.11. The number of fused-ring (bicyclic) bond motifs is 1. The van der Waals surface area contributed by atoms with Gasteiger partial charge in [-0.3, -0.25) is 0 Å². The summed E-state index contributed by atoms with van der Waals surface area (Å²) >= 11 is 0. The van der Waals surface area contributed by atoms with Crippen LogP contribution >= 0.6 is 0 Å². The maximum atomic E-state index is 5.55. The highest BCUT2D eigenvalue weighted by molar-refractivity contribution is 5.42. The molecule has 0 radical (unpaired) electrons. The first-order valence-corrected chi connectivity index (χ1v) is 5.13. The number of nitrogens with two attached hydrogens (primary N) is 1. The molecule has 1 unspecified atom stereocenters. The number of hydrogen-bond acceptors (Lipinski definition) is 5. The zero-order valence-electron chi connectivity index (χ0n) is 8.59. The van der Waals surface area contributed by atoms with Crippen LogP contribution in [0.5, 0.6) is 5.75 Å². The van der Waals surface area contributed by atoms with Crippen molar-refractivity contribution in [1.82, 2.24) is 10.1 Å². The molecule has 3 rings (SSSR count). The van der Waals surface area contributed by atoms with E-state index >= 15 is 0 Å². The van der Waals surface area contributed by atoms with Gasteiger partial charge >= 0.3 is 0 Å². The van der Waals surface area contributed by atoms with Gasteiger partial charge in [-0.05, 0) is 6.07 Å². The van der Waals surface area contributed by atoms with Crippen molar-refractivity contribution in [3.8, 4) is 5.75 Å². The third-order valence-electron chi connectivity index (χ3n) is 2.66. The van der Waals surface area contributed by atoms with Crippen LogP contribution in [-0.4, -0.2) is 16.7 Å². The van der Waals surface area contributed by atoms with Gasteiger partial charge in [0.25, 0.3) is 0 Å². The molecule has 1 aliphatic rings. The topological polar surface area (TPSA) is 74.2 Å². The van der Waals surface area contributed by atoms with E-state index in [9.17, 15) is 0 Å². The molecule has 1 aromatic carbocycles. The van der Waals surface area contributed by atoms with Crippen LogP contribution in [-0.2, 0) is 6.54 Å². The molecule has 82 valence electrons. The summed E-state index contributed by atoms with van der Waals surface area (Å²) in [7, 11) is 0. The minimum absolute atomic E-state index is 0.0315. The van der Waals surface area contributed by atoms with Crippen LogP contribution < -0.4 is 10.5 Å². The molecule has 5 nitrogen and oxygen atoms in total. The van der Waals surface area contributed by atoms with Gasteiger partial charge in [0.15, 0.2) is 5.82 Å². The van der Waals surface area contributed by atoms with Gasteiger partial charge in [0.2, 0.25) is 5.89 Å². The number of rotatable bonds is 2. The normalized spacial score (nSPS) is 18.2. The van der Waals surface area contributed by atoms with Crippen LogP contribution in [0.15, 0.2) is 28.8 Å². The molecule has 5 heteroatoms. The quantitative estimate of drug-likeness (QED) is 0.813. The summed E-state index contributed by atoms with van der Waals surface area (Å²) in [5.41, 5.74) is 6.53. The number of ether oxygens (including phenoxy) is 1. The fourth-order valence-corrected chi connectivity index (χ4v) is 1.86. The van der Waals surface area contributed by atoms with Crippen LogP contribution in [0.3, 0.4) is 0 Å². The Bertz CT molecular complexity index is 509. The zero-order chi connectivity index (χ0) is 11.0. The predicted octanol–water partition coefficient (Wildman–Crippen LogP) is 1.05. The first-order chi connectivity index (χ1) is 7.88. The lowest BCUT2D eigenvalue weighted by Crippen LogP contribution is -2.04. The summed E-state index contributed by atoms with van der Waals surface area (Å²) < 4.78 is 10.7. The largest absolute Gasteiger partial charge is 0.492 e. The van der Waals surface area contributed by atoms with Crippen molar-refractivity contribution in [3.05, 3.63) is 41.5 Å². The van der Waals surface area contributed by atoms with Crippen molar-refractivity contribution < 1.29 is 9.26 Å². The maximum Gasteiger partial charge on any atom is 0.237 e.